The van der Waals surface area contributed by atoms with E-state index in [9.17, 15) is 5.11 Å². The Hall–Kier alpha value is -1.63. The molecule has 4 nitrogen and oxygen atoms in total. The van der Waals surface area contributed by atoms with Gasteiger partial charge in [-0.3, -0.25) is 4.90 Å². The van der Waals surface area contributed by atoms with E-state index < -0.39 is 5.72 Å². The molecular formula is C15H14N2O2S2. The fourth-order valence-corrected chi connectivity index (χ4v) is 3.79. The third-order valence-corrected chi connectivity index (χ3v) is 4.88. The summed E-state index contributed by atoms with van der Waals surface area (Å²) in [5.41, 5.74) is -0.576. The minimum atomic E-state index is -1.26. The number of hydrogen-bond donors (Lipinski definition) is 1. The molecule has 1 unspecified atom stereocenters. The normalized spacial score (nSPS) is 21.6. The molecule has 2 heterocycles. The van der Waals surface area contributed by atoms with Gasteiger partial charge in [-0.2, -0.15) is 0 Å². The maximum Gasteiger partial charge on any atom is 0.184 e. The summed E-state index contributed by atoms with van der Waals surface area (Å²) in [4.78, 5) is 6.00. The van der Waals surface area contributed by atoms with Crippen LogP contribution >= 0.6 is 24.0 Å². The average molecular weight is 318 g/mol. The third kappa shape index (κ3) is 2.39. The van der Waals surface area contributed by atoms with Crippen LogP contribution in [0.5, 0.6) is 5.75 Å². The summed E-state index contributed by atoms with van der Waals surface area (Å²) in [6.45, 7) is 0. The molecule has 3 rings (SSSR count). The van der Waals surface area contributed by atoms with Gasteiger partial charge in [0.05, 0.1) is 12.9 Å². The molecule has 21 heavy (non-hydrogen) atoms. The van der Waals surface area contributed by atoms with Crippen LogP contribution in [0.1, 0.15) is 5.56 Å². The van der Waals surface area contributed by atoms with Crippen molar-refractivity contribution >= 4 is 34.1 Å². The number of aliphatic hydroxyl groups is 1. The first-order chi connectivity index (χ1) is 10.2. The Kier molecular flexibility index (Phi) is 3.84. The number of pyridine rings is 1. The van der Waals surface area contributed by atoms with Gasteiger partial charge < -0.3 is 9.84 Å². The lowest BCUT2D eigenvalue weighted by Crippen LogP contribution is -2.45. The lowest BCUT2D eigenvalue weighted by atomic mass is 10.0. The Morgan fingerprint density at radius 1 is 1.29 bits per heavy atom. The highest BCUT2D eigenvalue weighted by atomic mass is 32.2. The van der Waals surface area contributed by atoms with Crippen LogP contribution in [0.4, 0.5) is 5.82 Å². The van der Waals surface area contributed by atoms with Crippen molar-refractivity contribution in [1.82, 2.24) is 4.98 Å². The first-order valence-electron chi connectivity index (χ1n) is 6.41. The monoisotopic (exact) mass is 318 g/mol. The first-order valence-corrected chi connectivity index (χ1v) is 7.80. The largest absolute Gasteiger partial charge is 0.496 e. The maximum atomic E-state index is 11.3. The average Bonchev–Trinajstić information content (AvgIpc) is 2.84. The van der Waals surface area contributed by atoms with Gasteiger partial charge in [-0.25, -0.2) is 4.98 Å². The number of para-hydroxylation sites is 1. The minimum absolute atomic E-state index is 0.433. The van der Waals surface area contributed by atoms with Crippen molar-refractivity contribution in [2.24, 2.45) is 0 Å². The lowest BCUT2D eigenvalue weighted by molar-refractivity contribution is 0.0736. The van der Waals surface area contributed by atoms with E-state index in [1.165, 1.54) is 11.8 Å². The van der Waals surface area contributed by atoms with E-state index in [-0.39, 0.29) is 0 Å². The van der Waals surface area contributed by atoms with E-state index >= 15 is 0 Å². The molecule has 1 fully saturated rings. The molecule has 0 spiro atoms. The number of anilines is 1. The molecule has 2 aromatic rings. The zero-order chi connectivity index (χ0) is 14.9. The van der Waals surface area contributed by atoms with Crippen molar-refractivity contribution in [2.45, 2.75) is 5.72 Å². The van der Waals surface area contributed by atoms with Crippen LogP contribution in [0.2, 0.25) is 0 Å². The van der Waals surface area contributed by atoms with Gasteiger partial charge >= 0.3 is 0 Å². The molecule has 1 saturated heterocycles. The smallest absolute Gasteiger partial charge is 0.184 e. The summed E-state index contributed by atoms with van der Waals surface area (Å²) < 4.78 is 5.98. The highest BCUT2D eigenvalue weighted by Crippen LogP contribution is 2.44. The number of aromatic nitrogens is 1. The van der Waals surface area contributed by atoms with Crippen LogP contribution in [0.15, 0.2) is 48.7 Å². The molecule has 0 radical (unpaired) electrons. The predicted octanol–water partition coefficient (Wildman–Crippen LogP) is 2.77. The summed E-state index contributed by atoms with van der Waals surface area (Å²) in [5, 5.41) is 11.3. The van der Waals surface area contributed by atoms with Gasteiger partial charge in [-0.1, -0.05) is 48.2 Å². The van der Waals surface area contributed by atoms with Crippen LogP contribution in [0.25, 0.3) is 0 Å². The number of thiocarbonyl (C=S) groups is 1. The molecule has 0 amide bonds. The minimum Gasteiger partial charge on any atom is -0.496 e. The van der Waals surface area contributed by atoms with Crippen molar-refractivity contribution in [3.8, 4) is 5.75 Å². The first kappa shape index (κ1) is 14.3. The molecule has 1 N–H and O–H groups in total. The van der Waals surface area contributed by atoms with Crippen molar-refractivity contribution in [3.05, 3.63) is 54.2 Å². The van der Waals surface area contributed by atoms with Crippen molar-refractivity contribution < 1.29 is 9.84 Å². The van der Waals surface area contributed by atoms with Crippen molar-refractivity contribution in [1.29, 1.82) is 0 Å². The van der Waals surface area contributed by atoms with Crippen LogP contribution in [0.3, 0.4) is 0 Å². The molecule has 1 aromatic heterocycles. The second-order valence-electron chi connectivity index (χ2n) is 4.59. The summed E-state index contributed by atoms with van der Waals surface area (Å²) >= 11 is 6.83. The standard InChI is InChI=1S/C15H14N2O2S2/c1-19-12-7-3-2-6-11(12)15(18)10-21-14(20)17(15)13-8-4-5-9-16-13/h2-9,18H,10H2,1H3. The number of thioether (sulfide) groups is 1. The highest BCUT2D eigenvalue weighted by Gasteiger charge is 2.47. The molecule has 0 saturated carbocycles. The van der Waals surface area contributed by atoms with E-state index in [2.05, 4.69) is 4.98 Å². The summed E-state index contributed by atoms with van der Waals surface area (Å²) in [6.07, 6.45) is 1.68. The Morgan fingerprint density at radius 3 is 2.76 bits per heavy atom. The van der Waals surface area contributed by atoms with E-state index in [1.54, 1.807) is 18.2 Å². The van der Waals surface area contributed by atoms with E-state index in [1.807, 2.05) is 42.5 Å². The van der Waals surface area contributed by atoms with Crippen molar-refractivity contribution in [3.63, 3.8) is 0 Å². The zero-order valence-corrected chi connectivity index (χ0v) is 13.0. The number of methoxy groups -OCH3 is 1. The Morgan fingerprint density at radius 2 is 2.05 bits per heavy atom. The van der Waals surface area contributed by atoms with Crippen LogP contribution in [-0.2, 0) is 5.72 Å². The Balaban J connectivity index is 2.12. The Labute approximate surface area is 132 Å². The molecular weight excluding hydrogens is 304 g/mol. The summed E-state index contributed by atoms with van der Waals surface area (Å²) in [5.74, 6) is 1.69. The van der Waals surface area contributed by atoms with Crippen LogP contribution in [-0.4, -0.2) is 27.3 Å². The molecule has 0 bridgehead atoms. The van der Waals surface area contributed by atoms with Crippen LogP contribution < -0.4 is 9.64 Å². The third-order valence-electron chi connectivity index (χ3n) is 3.37. The number of rotatable bonds is 3. The SMILES string of the molecule is COc1ccccc1C1(O)CSC(=S)N1c1ccccn1. The molecule has 6 heteroatoms. The maximum absolute atomic E-state index is 11.3. The number of benzene rings is 1. The van der Waals surface area contributed by atoms with E-state index in [0.29, 0.717) is 27.2 Å². The second kappa shape index (κ2) is 5.63. The van der Waals surface area contributed by atoms with Gasteiger partial charge in [0.15, 0.2) is 5.72 Å². The van der Waals surface area contributed by atoms with Gasteiger partial charge in [0.25, 0.3) is 0 Å². The van der Waals surface area contributed by atoms with Gasteiger partial charge in [-0.05, 0) is 18.2 Å². The molecule has 108 valence electrons. The molecule has 1 atom stereocenters. The van der Waals surface area contributed by atoms with Gasteiger partial charge in [0.2, 0.25) is 0 Å². The number of hydrogen-bond acceptors (Lipinski definition) is 5. The lowest BCUT2D eigenvalue weighted by Gasteiger charge is -2.34. The predicted molar refractivity (Wildman–Crippen MR) is 88.7 cm³/mol. The van der Waals surface area contributed by atoms with Crippen LogP contribution in [0, 0.1) is 0 Å². The Bertz CT molecular complexity index is 666. The molecule has 0 aliphatic carbocycles. The van der Waals surface area contributed by atoms with Crippen molar-refractivity contribution in [2.75, 3.05) is 17.8 Å². The second-order valence-corrected chi connectivity index (χ2v) is 6.20. The molecule has 1 aliphatic heterocycles. The van der Waals surface area contributed by atoms with Gasteiger partial charge in [-0.15, -0.1) is 0 Å². The van der Waals surface area contributed by atoms with E-state index in [0.717, 1.165) is 0 Å². The van der Waals surface area contributed by atoms with E-state index in [4.69, 9.17) is 17.0 Å². The fourth-order valence-electron chi connectivity index (χ4n) is 2.39. The number of ether oxygens (including phenoxy) is 1. The zero-order valence-electron chi connectivity index (χ0n) is 11.4. The molecule has 1 aromatic carbocycles. The van der Waals surface area contributed by atoms with Gasteiger partial charge in [0.1, 0.15) is 15.9 Å². The molecule has 1 aliphatic rings. The fraction of sp³-hybridized carbons (Fsp3) is 0.200. The topological polar surface area (TPSA) is 45.6 Å². The number of nitrogens with zero attached hydrogens (tertiary/aromatic N) is 2. The van der Waals surface area contributed by atoms with Gasteiger partial charge in [0, 0.05) is 11.8 Å². The highest BCUT2D eigenvalue weighted by molar-refractivity contribution is 8.23. The quantitative estimate of drug-likeness (QED) is 0.878. The summed E-state index contributed by atoms with van der Waals surface area (Å²) in [7, 11) is 1.59. The summed E-state index contributed by atoms with van der Waals surface area (Å²) in [6, 6.07) is 13.0.